The minimum Gasteiger partial charge on any atom is -0.380 e. The quantitative estimate of drug-likeness (QED) is 0.847. The summed E-state index contributed by atoms with van der Waals surface area (Å²) in [6.07, 6.45) is 1.58. The Morgan fingerprint density at radius 1 is 1.11 bits per heavy atom. The van der Waals surface area contributed by atoms with Gasteiger partial charge in [-0.1, -0.05) is 18.2 Å². The first kappa shape index (κ1) is 19.6. The van der Waals surface area contributed by atoms with E-state index >= 15 is 0 Å². The fourth-order valence-corrected chi connectivity index (χ4v) is 3.99. The number of pyridine rings is 1. The topological polar surface area (TPSA) is 71.5 Å². The molecule has 3 rings (SSSR count). The number of nitrogens with zero attached hydrogens (tertiary/aromatic N) is 2. The molecule has 1 aromatic carbocycles. The number of benzene rings is 1. The van der Waals surface area contributed by atoms with Gasteiger partial charge in [0.15, 0.2) is 14.9 Å². The van der Waals surface area contributed by atoms with Crippen LogP contribution in [0.25, 0.3) is 0 Å². The summed E-state index contributed by atoms with van der Waals surface area (Å²) in [5.41, 5.74) is 3.18. The van der Waals surface area contributed by atoms with Crippen molar-refractivity contribution in [3.05, 3.63) is 48.2 Å². The van der Waals surface area contributed by atoms with E-state index in [4.69, 9.17) is 4.74 Å². The van der Waals surface area contributed by atoms with Crippen molar-refractivity contribution >= 4 is 21.2 Å². The summed E-state index contributed by atoms with van der Waals surface area (Å²) in [5.74, 6) is 0. The van der Waals surface area contributed by atoms with Crippen LogP contribution in [0.2, 0.25) is 0 Å². The lowest BCUT2D eigenvalue weighted by Crippen LogP contribution is -2.36. The summed E-state index contributed by atoms with van der Waals surface area (Å²) in [6, 6.07) is 11.6. The Bertz CT molecular complexity index is 868. The number of rotatable bonds is 5. The number of nitrogens with one attached hydrogen (secondary N) is 1. The van der Waals surface area contributed by atoms with Crippen molar-refractivity contribution in [2.24, 2.45) is 0 Å². The Hall–Kier alpha value is -2.12. The predicted molar refractivity (Wildman–Crippen MR) is 108 cm³/mol. The summed E-state index contributed by atoms with van der Waals surface area (Å²) in [7, 11) is -3.44. The molecule has 0 saturated carbocycles. The molecule has 1 N–H and O–H groups in total. The van der Waals surface area contributed by atoms with Crippen molar-refractivity contribution in [1.29, 1.82) is 0 Å². The molecular weight excluding hydrogens is 362 g/mol. The van der Waals surface area contributed by atoms with Gasteiger partial charge in [0.25, 0.3) is 0 Å². The van der Waals surface area contributed by atoms with Crippen LogP contribution >= 0.6 is 0 Å². The molecule has 0 bridgehead atoms. The van der Waals surface area contributed by atoms with Gasteiger partial charge >= 0.3 is 0 Å². The Labute approximate surface area is 161 Å². The van der Waals surface area contributed by atoms with Gasteiger partial charge in [0, 0.05) is 25.3 Å². The number of morpholine rings is 1. The Kier molecular flexibility index (Phi) is 5.72. The highest BCUT2D eigenvalue weighted by Crippen LogP contribution is 2.25. The van der Waals surface area contributed by atoms with Gasteiger partial charge in [0.1, 0.15) is 0 Å². The number of para-hydroxylation sites is 1. The van der Waals surface area contributed by atoms with E-state index in [9.17, 15) is 8.42 Å². The Morgan fingerprint density at radius 2 is 1.81 bits per heavy atom. The molecule has 0 atom stereocenters. The normalized spacial score (nSPS) is 15.6. The first-order chi connectivity index (χ1) is 12.8. The van der Waals surface area contributed by atoms with Gasteiger partial charge < -0.3 is 15.0 Å². The van der Waals surface area contributed by atoms with Crippen LogP contribution in [-0.2, 0) is 21.1 Å². The molecule has 146 valence electrons. The van der Waals surface area contributed by atoms with E-state index in [-0.39, 0.29) is 5.03 Å². The van der Waals surface area contributed by atoms with E-state index in [1.54, 1.807) is 39.1 Å². The second-order valence-electron chi connectivity index (χ2n) is 7.58. The molecule has 6 nitrogen and oxygen atoms in total. The lowest BCUT2D eigenvalue weighted by Gasteiger charge is -2.30. The zero-order valence-electron chi connectivity index (χ0n) is 16.1. The lowest BCUT2D eigenvalue weighted by molar-refractivity contribution is 0.122. The summed E-state index contributed by atoms with van der Waals surface area (Å²) >= 11 is 0. The fraction of sp³-hybridized carbons (Fsp3) is 0.450. The SMILES string of the molecule is CC(C)(C)S(=O)(=O)c1ccc(NCc2ccccc2N2CCOCC2)cn1. The second kappa shape index (κ2) is 7.86. The van der Waals surface area contributed by atoms with Gasteiger partial charge in [0.05, 0.1) is 29.8 Å². The molecule has 7 heteroatoms. The van der Waals surface area contributed by atoms with E-state index in [0.29, 0.717) is 6.54 Å². The van der Waals surface area contributed by atoms with Crippen LogP contribution in [0, 0.1) is 0 Å². The maximum Gasteiger partial charge on any atom is 0.200 e. The van der Waals surface area contributed by atoms with Crippen LogP contribution < -0.4 is 10.2 Å². The first-order valence-electron chi connectivity index (χ1n) is 9.14. The Morgan fingerprint density at radius 3 is 2.44 bits per heavy atom. The molecule has 0 unspecified atom stereocenters. The third kappa shape index (κ3) is 4.42. The minimum atomic E-state index is -3.44. The third-order valence-electron chi connectivity index (χ3n) is 4.64. The van der Waals surface area contributed by atoms with Crippen molar-refractivity contribution in [3.63, 3.8) is 0 Å². The summed E-state index contributed by atoms with van der Waals surface area (Å²) in [5, 5.41) is 3.45. The van der Waals surface area contributed by atoms with Crippen LogP contribution in [0.4, 0.5) is 11.4 Å². The van der Waals surface area contributed by atoms with E-state index < -0.39 is 14.6 Å². The molecule has 0 spiro atoms. The molecule has 1 fully saturated rings. The van der Waals surface area contributed by atoms with Gasteiger partial charge in [-0.25, -0.2) is 13.4 Å². The zero-order valence-corrected chi connectivity index (χ0v) is 16.9. The van der Waals surface area contributed by atoms with Crippen molar-refractivity contribution in [2.75, 3.05) is 36.5 Å². The fourth-order valence-electron chi connectivity index (χ4n) is 2.93. The number of sulfone groups is 1. The van der Waals surface area contributed by atoms with Crippen molar-refractivity contribution in [2.45, 2.75) is 37.1 Å². The first-order valence-corrected chi connectivity index (χ1v) is 10.6. The summed E-state index contributed by atoms with van der Waals surface area (Å²) in [4.78, 5) is 6.50. The number of ether oxygens (including phenoxy) is 1. The van der Waals surface area contributed by atoms with Crippen molar-refractivity contribution in [1.82, 2.24) is 4.98 Å². The van der Waals surface area contributed by atoms with E-state index in [1.807, 2.05) is 12.1 Å². The van der Waals surface area contributed by atoms with Gasteiger partial charge in [-0.2, -0.15) is 0 Å². The molecule has 0 aliphatic carbocycles. The molecule has 2 heterocycles. The molecule has 0 amide bonds. The second-order valence-corrected chi connectivity index (χ2v) is 10.2. The van der Waals surface area contributed by atoms with E-state index in [1.165, 1.54) is 11.3 Å². The van der Waals surface area contributed by atoms with Gasteiger partial charge in [-0.3, -0.25) is 0 Å². The van der Waals surface area contributed by atoms with E-state index in [2.05, 4.69) is 27.3 Å². The molecule has 1 aromatic heterocycles. The van der Waals surface area contributed by atoms with E-state index in [0.717, 1.165) is 32.0 Å². The molecule has 27 heavy (non-hydrogen) atoms. The molecular formula is C20H27N3O3S. The average molecular weight is 390 g/mol. The number of hydrogen-bond acceptors (Lipinski definition) is 6. The molecule has 1 saturated heterocycles. The number of anilines is 2. The molecule has 1 aliphatic heterocycles. The van der Waals surface area contributed by atoms with Gasteiger partial charge in [-0.05, 0) is 44.5 Å². The average Bonchev–Trinajstić information content (AvgIpc) is 2.67. The predicted octanol–water partition coefficient (Wildman–Crippen LogP) is 3.10. The molecule has 0 radical (unpaired) electrons. The van der Waals surface area contributed by atoms with Crippen LogP contribution in [0.5, 0.6) is 0 Å². The highest BCUT2D eigenvalue weighted by Gasteiger charge is 2.31. The minimum absolute atomic E-state index is 0.106. The monoisotopic (exact) mass is 389 g/mol. The highest BCUT2D eigenvalue weighted by atomic mass is 32.2. The molecule has 1 aliphatic rings. The zero-order chi connectivity index (χ0) is 19.5. The van der Waals surface area contributed by atoms with Crippen LogP contribution in [0.3, 0.4) is 0 Å². The third-order valence-corrected chi connectivity index (χ3v) is 7.05. The van der Waals surface area contributed by atoms with Crippen molar-refractivity contribution in [3.8, 4) is 0 Å². The maximum atomic E-state index is 12.5. The number of aromatic nitrogens is 1. The van der Waals surface area contributed by atoms with Crippen LogP contribution in [0.1, 0.15) is 26.3 Å². The standard InChI is InChI=1S/C20H27N3O3S/c1-20(2,3)27(24,25)19-9-8-17(15-22-19)21-14-16-6-4-5-7-18(16)23-10-12-26-13-11-23/h4-9,15,21H,10-14H2,1-3H3. The number of hydrogen-bond donors (Lipinski definition) is 1. The maximum absolute atomic E-state index is 12.5. The van der Waals surface area contributed by atoms with Crippen LogP contribution in [-0.4, -0.2) is 44.5 Å². The van der Waals surface area contributed by atoms with Crippen molar-refractivity contribution < 1.29 is 13.2 Å². The van der Waals surface area contributed by atoms with Crippen LogP contribution in [0.15, 0.2) is 47.6 Å². The van der Waals surface area contributed by atoms with Gasteiger partial charge in [0.2, 0.25) is 0 Å². The Balaban J connectivity index is 1.71. The molecule has 2 aromatic rings. The smallest absolute Gasteiger partial charge is 0.200 e. The lowest BCUT2D eigenvalue weighted by atomic mass is 10.1. The largest absolute Gasteiger partial charge is 0.380 e. The summed E-state index contributed by atoms with van der Waals surface area (Å²) in [6.45, 7) is 8.94. The highest BCUT2D eigenvalue weighted by molar-refractivity contribution is 7.92. The summed E-state index contributed by atoms with van der Waals surface area (Å²) < 4.78 is 29.5. The van der Waals surface area contributed by atoms with Gasteiger partial charge in [-0.15, -0.1) is 0 Å².